The number of benzene rings is 2. The van der Waals surface area contributed by atoms with Crippen LogP contribution in [-0.4, -0.2) is 22.1 Å². The van der Waals surface area contributed by atoms with Gasteiger partial charge in [0.25, 0.3) is 0 Å². The fourth-order valence-corrected chi connectivity index (χ4v) is 1.80. The van der Waals surface area contributed by atoms with Crippen molar-refractivity contribution in [3.8, 4) is 0 Å². The zero-order valence-corrected chi connectivity index (χ0v) is 12.7. The summed E-state index contributed by atoms with van der Waals surface area (Å²) in [4.78, 5) is 8.24. The molecule has 8 heteroatoms. The first kappa shape index (κ1) is 16.3. The summed E-state index contributed by atoms with van der Waals surface area (Å²) in [5, 5.41) is 19.5. The van der Waals surface area contributed by atoms with Crippen LogP contribution < -0.4 is 11.0 Å². The Labute approximate surface area is 136 Å². The average Bonchev–Trinajstić information content (AvgIpc) is 2.54. The molecule has 0 heterocycles. The Morgan fingerprint density at radius 2 is 1.00 bits per heavy atom. The molecule has 0 aliphatic heterocycles. The van der Waals surface area contributed by atoms with Gasteiger partial charge >= 0.3 is 0 Å². The normalized spacial score (nSPS) is 12.2. The van der Waals surface area contributed by atoms with Crippen LogP contribution in [0.1, 0.15) is 0 Å². The molecule has 0 aromatic heterocycles. The lowest BCUT2D eigenvalue weighted by atomic mass is 10.3. The van der Waals surface area contributed by atoms with Gasteiger partial charge in [0, 0.05) is 10.0 Å². The summed E-state index contributed by atoms with van der Waals surface area (Å²) in [6.07, 6.45) is 0. The molecule has 0 bridgehead atoms. The zero-order chi connectivity index (χ0) is 15.9. The van der Waals surface area contributed by atoms with Gasteiger partial charge in [-0.25, -0.2) is 20.9 Å². The highest BCUT2D eigenvalue weighted by Crippen LogP contribution is 2.18. The van der Waals surface area contributed by atoms with E-state index in [2.05, 4.69) is 9.98 Å². The van der Waals surface area contributed by atoms with E-state index in [9.17, 15) is 10.4 Å². The molecule has 0 unspecified atom stereocenters. The van der Waals surface area contributed by atoms with E-state index in [-0.39, 0.29) is 11.7 Å². The number of hydroxylamine groups is 2. The van der Waals surface area contributed by atoms with Crippen LogP contribution in [0.4, 0.5) is 11.4 Å². The molecular formula is C14H12Cl2N4O2. The van der Waals surface area contributed by atoms with Crippen molar-refractivity contribution >= 4 is 46.2 Å². The lowest BCUT2D eigenvalue weighted by Crippen LogP contribution is -2.37. The Kier molecular flexibility index (Phi) is 5.74. The molecule has 22 heavy (non-hydrogen) atoms. The molecule has 0 saturated carbocycles. The molecule has 2 aromatic carbocycles. The van der Waals surface area contributed by atoms with Gasteiger partial charge in [-0.2, -0.15) is 0 Å². The van der Waals surface area contributed by atoms with Crippen molar-refractivity contribution in [1.29, 1.82) is 0 Å². The Bertz CT molecular complexity index is 623. The minimum atomic E-state index is -0.0697. The molecule has 0 radical (unpaired) electrons. The Hall–Kier alpha value is -2.12. The lowest BCUT2D eigenvalue weighted by molar-refractivity contribution is 0.223. The fourth-order valence-electron chi connectivity index (χ4n) is 1.55. The minimum absolute atomic E-state index is 0.0697. The molecule has 0 saturated heterocycles. The summed E-state index contributed by atoms with van der Waals surface area (Å²) in [5.74, 6) is -0.139. The minimum Gasteiger partial charge on any atom is -0.290 e. The third kappa shape index (κ3) is 4.44. The van der Waals surface area contributed by atoms with Crippen LogP contribution >= 0.6 is 23.2 Å². The summed E-state index contributed by atoms with van der Waals surface area (Å²) in [6, 6.07) is 13.2. The molecular weight excluding hydrogens is 327 g/mol. The number of nitrogens with one attached hydrogen (secondary N) is 2. The maximum atomic E-state index is 9.21. The van der Waals surface area contributed by atoms with E-state index >= 15 is 0 Å². The van der Waals surface area contributed by atoms with E-state index in [1.165, 1.54) is 0 Å². The number of aliphatic imine (C=N–C) groups is 2. The summed E-state index contributed by atoms with van der Waals surface area (Å²) in [6.45, 7) is 0. The van der Waals surface area contributed by atoms with E-state index in [0.29, 0.717) is 21.4 Å². The molecule has 6 nitrogen and oxygen atoms in total. The van der Waals surface area contributed by atoms with Gasteiger partial charge in [0.15, 0.2) is 11.7 Å². The summed E-state index contributed by atoms with van der Waals surface area (Å²) in [7, 11) is 0. The van der Waals surface area contributed by atoms with Crippen molar-refractivity contribution in [1.82, 2.24) is 11.0 Å². The van der Waals surface area contributed by atoms with Gasteiger partial charge in [-0.3, -0.25) is 10.4 Å². The summed E-state index contributed by atoms with van der Waals surface area (Å²) in [5.41, 5.74) is 4.80. The third-order valence-corrected chi connectivity index (χ3v) is 3.08. The zero-order valence-electron chi connectivity index (χ0n) is 11.2. The van der Waals surface area contributed by atoms with Gasteiger partial charge < -0.3 is 0 Å². The molecule has 2 rings (SSSR count). The molecule has 0 aliphatic carbocycles. The van der Waals surface area contributed by atoms with Crippen molar-refractivity contribution in [3.63, 3.8) is 0 Å². The first-order chi connectivity index (χ1) is 10.6. The number of nitrogens with zero attached hydrogens (tertiary/aromatic N) is 2. The molecule has 0 fully saturated rings. The van der Waals surface area contributed by atoms with Gasteiger partial charge in [-0.05, 0) is 48.5 Å². The highest BCUT2D eigenvalue weighted by molar-refractivity contribution is 6.40. The topological polar surface area (TPSA) is 89.2 Å². The molecule has 114 valence electrons. The maximum absolute atomic E-state index is 9.21. The number of hydrogen-bond donors (Lipinski definition) is 4. The highest BCUT2D eigenvalue weighted by atomic mass is 35.5. The number of rotatable bonds is 2. The standard InChI is InChI=1S/C14H12Cl2N4O2/c15-9-1-5-11(6-2-9)17-13(19-21)14(20-22)18-12-7-3-10(16)4-8-12/h1-8,21-22H,(H,17,19)(H,18,20). The summed E-state index contributed by atoms with van der Waals surface area (Å²) >= 11 is 11.6. The van der Waals surface area contributed by atoms with Crippen molar-refractivity contribution < 1.29 is 10.4 Å². The third-order valence-electron chi connectivity index (χ3n) is 2.57. The predicted molar refractivity (Wildman–Crippen MR) is 86.9 cm³/mol. The molecule has 4 N–H and O–H groups in total. The molecule has 2 aromatic rings. The van der Waals surface area contributed by atoms with Crippen LogP contribution in [0.2, 0.25) is 10.0 Å². The Balaban J connectivity index is 2.33. The van der Waals surface area contributed by atoms with Crippen LogP contribution in [0.25, 0.3) is 0 Å². The van der Waals surface area contributed by atoms with E-state index < -0.39 is 0 Å². The SMILES string of the molecule is ONC(=Nc1ccc(Cl)cc1)C(=Nc1ccc(Cl)cc1)NO. The van der Waals surface area contributed by atoms with Gasteiger partial charge in [0.2, 0.25) is 0 Å². The second-order valence-electron chi connectivity index (χ2n) is 4.10. The smallest absolute Gasteiger partial charge is 0.195 e. The van der Waals surface area contributed by atoms with Crippen LogP contribution in [0.3, 0.4) is 0 Å². The first-order valence-corrected chi connectivity index (χ1v) is 6.87. The predicted octanol–water partition coefficient (Wildman–Crippen LogP) is 3.71. The molecule has 0 aliphatic rings. The second kappa shape index (κ2) is 7.77. The first-order valence-electron chi connectivity index (χ1n) is 6.11. The largest absolute Gasteiger partial charge is 0.290 e. The molecule has 0 atom stereocenters. The van der Waals surface area contributed by atoms with E-state index in [0.717, 1.165) is 0 Å². The van der Waals surface area contributed by atoms with Gasteiger partial charge in [0.1, 0.15) is 0 Å². The van der Waals surface area contributed by atoms with E-state index in [1.807, 2.05) is 11.0 Å². The lowest BCUT2D eigenvalue weighted by Gasteiger charge is -2.07. The quantitative estimate of drug-likeness (QED) is 0.381. The van der Waals surface area contributed by atoms with Gasteiger partial charge in [-0.1, -0.05) is 23.2 Å². The van der Waals surface area contributed by atoms with Crippen molar-refractivity contribution in [2.24, 2.45) is 9.98 Å². The van der Waals surface area contributed by atoms with Crippen molar-refractivity contribution in [2.75, 3.05) is 0 Å². The van der Waals surface area contributed by atoms with Crippen LogP contribution in [-0.2, 0) is 0 Å². The Morgan fingerprint density at radius 3 is 1.27 bits per heavy atom. The Morgan fingerprint density at radius 1 is 0.682 bits per heavy atom. The monoisotopic (exact) mass is 338 g/mol. The van der Waals surface area contributed by atoms with E-state index in [1.54, 1.807) is 48.5 Å². The van der Waals surface area contributed by atoms with Crippen LogP contribution in [0.15, 0.2) is 58.5 Å². The van der Waals surface area contributed by atoms with E-state index in [4.69, 9.17) is 23.2 Å². The fraction of sp³-hybridized carbons (Fsp3) is 0. The second-order valence-corrected chi connectivity index (χ2v) is 4.97. The average molecular weight is 339 g/mol. The van der Waals surface area contributed by atoms with Gasteiger partial charge in [-0.15, -0.1) is 0 Å². The number of hydrogen-bond acceptors (Lipinski definition) is 4. The van der Waals surface area contributed by atoms with Crippen LogP contribution in [0.5, 0.6) is 0 Å². The number of halogens is 2. The number of amidine groups is 2. The maximum Gasteiger partial charge on any atom is 0.195 e. The van der Waals surface area contributed by atoms with Crippen molar-refractivity contribution in [2.45, 2.75) is 0 Å². The van der Waals surface area contributed by atoms with Gasteiger partial charge in [0.05, 0.1) is 11.4 Å². The molecule has 0 amide bonds. The summed E-state index contributed by atoms with van der Waals surface area (Å²) < 4.78 is 0. The molecule has 0 spiro atoms. The van der Waals surface area contributed by atoms with Crippen molar-refractivity contribution in [3.05, 3.63) is 58.6 Å². The highest BCUT2D eigenvalue weighted by Gasteiger charge is 2.08. The van der Waals surface area contributed by atoms with Crippen LogP contribution in [0, 0.1) is 0 Å².